The summed E-state index contributed by atoms with van der Waals surface area (Å²) in [6.07, 6.45) is 0. The van der Waals surface area contributed by atoms with Crippen LogP contribution in [0.3, 0.4) is 0 Å². The fraction of sp³-hybridized carbons (Fsp3) is 0.321. The summed E-state index contributed by atoms with van der Waals surface area (Å²) in [4.78, 5) is 40.6. The Hall–Kier alpha value is -3.92. The Balaban J connectivity index is 1.51. The Labute approximate surface area is 223 Å². The van der Waals surface area contributed by atoms with Crippen LogP contribution in [0.5, 0.6) is 11.5 Å². The van der Waals surface area contributed by atoms with Crippen molar-refractivity contribution in [2.45, 2.75) is 39.3 Å². The summed E-state index contributed by atoms with van der Waals surface area (Å²) >= 11 is 0. The first-order valence-corrected chi connectivity index (χ1v) is 13.7. The minimum Gasteiger partial charge on any atom is -0.454 e. The lowest BCUT2D eigenvalue weighted by Crippen LogP contribution is -2.53. The lowest BCUT2D eigenvalue weighted by Gasteiger charge is -2.32. The van der Waals surface area contributed by atoms with Crippen molar-refractivity contribution in [3.63, 3.8) is 0 Å². The molecule has 0 bridgehead atoms. The van der Waals surface area contributed by atoms with Crippen molar-refractivity contribution >= 4 is 50.7 Å². The number of anilines is 2. The molecule has 3 amide bonds. The molecule has 2 atom stereocenters. The van der Waals surface area contributed by atoms with E-state index in [0.29, 0.717) is 22.9 Å². The van der Waals surface area contributed by atoms with E-state index in [1.165, 1.54) is 4.90 Å². The molecule has 1 aliphatic rings. The van der Waals surface area contributed by atoms with E-state index in [2.05, 4.69) is 10.6 Å². The van der Waals surface area contributed by atoms with E-state index in [4.69, 9.17) is 9.47 Å². The fourth-order valence-electron chi connectivity index (χ4n) is 4.14. The molecule has 1 heterocycles. The van der Waals surface area contributed by atoms with Crippen molar-refractivity contribution < 1.29 is 28.1 Å². The summed E-state index contributed by atoms with van der Waals surface area (Å²) in [5.41, 5.74) is 0.493. The first-order valence-electron chi connectivity index (χ1n) is 12.2. The van der Waals surface area contributed by atoms with Gasteiger partial charge in [0.15, 0.2) is 11.5 Å². The average molecular weight is 538 g/mol. The predicted octanol–water partition coefficient (Wildman–Crippen LogP) is 3.59. The summed E-state index contributed by atoms with van der Waals surface area (Å²) in [5, 5.41) is 7.26. The highest BCUT2D eigenvalue weighted by Gasteiger charge is 2.31. The number of ether oxygens (including phenoxy) is 2. The molecule has 2 N–H and O–H groups in total. The van der Waals surface area contributed by atoms with Crippen molar-refractivity contribution in [3.8, 4) is 11.5 Å². The summed E-state index contributed by atoms with van der Waals surface area (Å²) in [7, 11) is -1.82. The number of carbonyl (C=O) groups excluding carboxylic acids is 3. The fourth-order valence-corrected chi connectivity index (χ4v) is 5.03. The molecule has 0 unspecified atom stereocenters. The van der Waals surface area contributed by atoms with Gasteiger partial charge in [0.25, 0.3) is 0 Å². The molecular formula is C28H31N3O6S. The highest BCUT2D eigenvalue weighted by atomic mass is 32.2. The lowest BCUT2D eigenvalue weighted by molar-refractivity contribution is -0.126. The molecule has 0 saturated heterocycles. The SMILES string of the molecule is C[C@H](C(=O)NC(C)(C)C)N(C(=O)C[S@](=O)CC(=O)Nc1ccc2c(c1)OCO2)c1cccc2ccccc12. The molecule has 1 aliphatic heterocycles. The quantitative estimate of drug-likeness (QED) is 0.454. The third kappa shape index (κ3) is 6.49. The van der Waals surface area contributed by atoms with Crippen molar-refractivity contribution in [1.29, 1.82) is 0 Å². The van der Waals surface area contributed by atoms with Gasteiger partial charge < -0.3 is 20.1 Å². The number of nitrogens with one attached hydrogen (secondary N) is 2. The van der Waals surface area contributed by atoms with E-state index in [1.807, 2.05) is 57.2 Å². The van der Waals surface area contributed by atoms with Crippen molar-refractivity contribution in [3.05, 3.63) is 60.7 Å². The van der Waals surface area contributed by atoms with Crippen LogP contribution in [0.2, 0.25) is 0 Å². The number of nitrogens with zero attached hydrogens (tertiary/aromatic N) is 1. The molecule has 0 radical (unpaired) electrons. The second-order valence-electron chi connectivity index (χ2n) is 10.0. The van der Waals surface area contributed by atoms with E-state index in [0.717, 1.165) is 10.8 Å². The number of hydrogen-bond donors (Lipinski definition) is 2. The number of benzene rings is 3. The molecular weight excluding hydrogens is 506 g/mol. The van der Waals surface area contributed by atoms with Crippen LogP contribution < -0.4 is 25.0 Å². The van der Waals surface area contributed by atoms with Crippen molar-refractivity contribution in [2.24, 2.45) is 0 Å². The second-order valence-corrected chi connectivity index (χ2v) is 11.5. The molecule has 200 valence electrons. The first-order chi connectivity index (χ1) is 18.0. The van der Waals surface area contributed by atoms with Gasteiger partial charge in [-0.25, -0.2) is 0 Å². The third-order valence-corrected chi connectivity index (χ3v) is 6.95. The number of amides is 3. The maximum Gasteiger partial charge on any atom is 0.243 e. The molecule has 0 saturated carbocycles. The monoisotopic (exact) mass is 537 g/mol. The highest BCUT2D eigenvalue weighted by molar-refractivity contribution is 7.86. The Bertz CT molecular complexity index is 1400. The molecule has 3 aromatic rings. The molecule has 38 heavy (non-hydrogen) atoms. The smallest absolute Gasteiger partial charge is 0.243 e. The number of hydrogen-bond acceptors (Lipinski definition) is 6. The van der Waals surface area contributed by atoms with Crippen LogP contribution >= 0.6 is 0 Å². The van der Waals surface area contributed by atoms with Gasteiger partial charge >= 0.3 is 0 Å². The highest BCUT2D eigenvalue weighted by Crippen LogP contribution is 2.34. The van der Waals surface area contributed by atoms with Crippen molar-refractivity contribution in [2.75, 3.05) is 28.5 Å². The molecule has 9 nitrogen and oxygen atoms in total. The minimum absolute atomic E-state index is 0.109. The van der Waals surface area contributed by atoms with E-state index in [1.54, 1.807) is 31.2 Å². The minimum atomic E-state index is -1.82. The number of carbonyl (C=O) groups is 3. The van der Waals surface area contributed by atoms with E-state index < -0.39 is 39.9 Å². The number of fused-ring (bicyclic) bond motifs is 2. The normalized spacial score (nSPS) is 14.0. The molecule has 0 aliphatic carbocycles. The standard InChI is InChI=1S/C28H31N3O6S/c1-18(27(34)30-28(2,3)4)31(22-11-7-9-19-8-5-6-10-21(19)22)26(33)16-38(35)15-25(32)29-20-12-13-23-24(14-20)37-17-36-23/h5-14,18H,15-17H2,1-4H3,(H,29,32)(H,30,34)/t18-,38-/m1/s1. The van der Waals surface area contributed by atoms with Gasteiger partial charge in [-0.3, -0.25) is 23.5 Å². The molecule has 0 aromatic heterocycles. The van der Waals surface area contributed by atoms with Gasteiger partial charge in [0.05, 0.1) is 5.69 Å². The Morgan fingerprint density at radius 2 is 1.68 bits per heavy atom. The van der Waals surface area contributed by atoms with Crippen molar-refractivity contribution in [1.82, 2.24) is 5.32 Å². The summed E-state index contributed by atoms with van der Waals surface area (Å²) in [6, 6.07) is 17.1. The lowest BCUT2D eigenvalue weighted by atomic mass is 10.1. The molecule has 0 fully saturated rings. The zero-order chi connectivity index (χ0) is 27.4. The van der Waals surface area contributed by atoms with Crippen LogP contribution in [0.4, 0.5) is 11.4 Å². The maximum atomic E-state index is 13.6. The van der Waals surface area contributed by atoms with E-state index >= 15 is 0 Å². The van der Waals surface area contributed by atoms with Crippen LogP contribution in [0.1, 0.15) is 27.7 Å². The third-order valence-electron chi connectivity index (χ3n) is 5.79. The Morgan fingerprint density at radius 1 is 0.974 bits per heavy atom. The van der Waals surface area contributed by atoms with Gasteiger partial charge in [-0.2, -0.15) is 0 Å². The molecule has 0 spiro atoms. The largest absolute Gasteiger partial charge is 0.454 e. The molecule has 10 heteroatoms. The Morgan fingerprint density at radius 3 is 2.45 bits per heavy atom. The Kier molecular flexibility index (Phi) is 8.01. The predicted molar refractivity (Wildman–Crippen MR) is 148 cm³/mol. The summed E-state index contributed by atoms with van der Waals surface area (Å²) in [5.74, 6) is -1.10. The van der Waals surface area contributed by atoms with Gasteiger partial charge in [0.2, 0.25) is 24.5 Å². The van der Waals surface area contributed by atoms with E-state index in [-0.39, 0.29) is 18.5 Å². The van der Waals surface area contributed by atoms with Gasteiger partial charge in [0.1, 0.15) is 17.5 Å². The summed E-state index contributed by atoms with van der Waals surface area (Å²) < 4.78 is 23.5. The molecule has 4 rings (SSSR count). The van der Waals surface area contributed by atoms with Gasteiger partial charge in [-0.15, -0.1) is 0 Å². The number of rotatable bonds is 8. The van der Waals surface area contributed by atoms with Crippen LogP contribution in [0.15, 0.2) is 60.7 Å². The zero-order valence-corrected chi connectivity index (χ0v) is 22.6. The first kappa shape index (κ1) is 27.1. The topological polar surface area (TPSA) is 114 Å². The zero-order valence-electron chi connectivity index (χ0n) is 21.8. The second kappa shape index (κ2) is 11.2. The van der Waals surface area contributed by atoms with Crippen LogP contribution in [0, 0.1) is 0 Å². The van der Waals surface area contributed by atoms with Gasteiger partial charge in [-0.05, 0) is 51.3 Å². The van der Waals surface area contributed by atoms with Gasteiger partial charge in [-0.1, -0.05) is 36.4 Å². The molecule has 3 aromatic carbocycles. The average Bonchev–Trinajstić information content (AvgIpc) is 3.31. The van der Waals surface area contributed by atoms with Crippen LogP contribution in [0.25, 0.3) is 10.8 Å². The maximum absolute atomic E-state index is 13.6. The van der Waals surface area contributed by atoms with Crippen LogP contribution in [-0.4, -0.2) is 51.8 Å². The summed E-state index contributed by atoms with van der Waals surface area (Å²) in [6.45, 7) is 7.31. The van der Waals surface area contributed by atoms with E-state index in [9.17, 15) is 18.6 Å². The van der Waals surface area contributed by atoms with Gasteiger partial charge in [0, 0.05) is 33.5 Å². The van der Waals surface area contributed by atoms with Crippen LogP contribution in [-0.2, 0) is 25.2 Å².